The molecular formula is C6H7N3O. The third-order valence-corrected chi connectivity index (χ3v) is 0.807. The van der Waals surface area contributed by atoms with Crippen molar-refractivity contribution in [1.29, 1.82) is 0 Å². The molecule has 4 nitrogen and oxygen atoms in total. The summed E-state index contributed by atoms with van der Waals surface area (Å²) in [6.45, 7) is 1.59. The molecule has 0 spiro atoms. The van der Waals surface area contributed by atoms with Crippen molar-refractivity contribution < 1.29 is 5.11 Å². The van der Waals surface area contributed by atoms with Crippen LogP contribution in [0.2, 0.25) is 0 Å². The molecule has 0 aliphatic carbocycles. The molecule has 1 N–H and O–H groups in total. The Morgan fingerprint density at radius 1 is 1.70 bits per heavy atom. The monoisotopic (exact) mass is 137 g/mol. The van der Waals surface area contributed by atoms with Gasteiger partial charge >= 0.3 is 0 Å². The first kappa shape index (κ1) is 6.78. The van der Waals surface area contributed by atoms with Crippen molar-refractivity contribution in [2.75, 3.05) is 0 Å². The molecule has 1 atom stereocenters. The molecule has 0 saturated heterocycles. The van der Waals surface area contributed by atoms with E-state index >= 15 is 0 Å². The molecule has 0 bridgehead atoms. The number of nitrogens with zero attached hydrogens (tertiary/aromatic N) is 3. The second-order valence-corrected chi connectivity index (χ2v) is 1.77. The zero-order valence-corrected chi connectivity index (χ0v) is 5.52. The minimum absolute atomic E-state index is 0.621. The summed E-state index contributed by atoms with van der Waals surface area (Å²) in [6, 6.07) is 2.57. The Kier molecular flexibility index (Phi) is 2.03. The van der Waals surface area contributed by atoms with Crippen LogP contribution in [0.25, 0.3) is 0 Å². The van der Waals surface area contributed by atoms with E-state index in [1.54, 1.807) is 6.92 Å². The highest BCUT2D eigenvalue weighted by Gasteiger charge is 1.84. The topological polar surface area (TPSA) is 50.9 Å². The van der Waals surface area contributed by atoms with Crippen LogP contribution in [0.4, 0.5) is 0 Å². The fraction of sp³-hybridized carbons (Fsp3) is 0.333. The molecule has 0 saturated carbocycles. The van der Waals surface area contributed by atoms with Crippen LogP contribution in [0.1, 0.15) is 6.92 Å². The average molecular weight is 137 g/mol. The van der Waals surface area contributed by atoms with Crippen molar-refractivity contribution in [2.45, 2.75) is 13.0 Å². The van der Waals surface area contributed by atoms with Crippen LogP contribution in [-0.4, -0.2) is 26.0 Å². The molecule has 0 aliphatic rings. The molecule has 0 amide bonds. The van der Waals surface area contributed by atoms with Gasteiger partial charge in [0.1, 0.15) is 18.8 Å². The van der Waals surface area contributed by atoms with Crippen LogP contribution < -0.4 is 0 Å². The zero-order chi connectivity index (χ0) is 7.40. The fourth-order valence-corrected chi connectivity index (χ4v) is 0.426. The van der Waals surface area contributed by atoms with Gasteiger partial charge < -0.3 is 5.11 Å². The molecule has 4 heteroatoms. The Bertz CT molecular complexity index is 242. The highest BCUT2D eigenvalue weighted by Crippen LogP contribution is 1.75. The third-order valence-electron chi connectivity index (χ3n) is 0.807. The normalized spacial score (nSPS) is 11.8. The summed E-state index contributed by atoms with van der Waals surface area (Å²) in [7, 11) is 0. The largest absolute Gasteiger partial charge is 0.381 e. The van der Waals surface area contributed by atoms with Gasteiger partial charge in [0.05, 0.1) is 0 Å². The predicted octanol–water partition coefficient (Wildman–Crippen LogP) is -0.532. The SMILES string of the molecule is CC(O)C#Cn1cncn1. The number of aromatic nitrogens is 3. The Morgan fingerprint density at radius 2 is 2.50 bits per heavy atom. The highest BCUT2D eigenvalue weighted by atomic mass is 16.3. The van der Waals surface area contributed by atoms with Gasteiger partial charge in [0.15, 0.2) is 0 Å². The minimum atomic E-state index is -0.621. The van der Waals surface area contributed by atoms with E-state index in [2.05, 4.69) is 22.0 Å². The van der Waals surface area contributed by atoms with Gasteiger partial charge in [-0.1, -0.05) is 0 Å². The van der Waals surface area contributed by atoms with E-state index in [9.17, 15) is 0 Å². The highest BCUT2D eigenvalue weighted by molar-refractivity contribution is 5.02. The van der Waals surface area contributed by atoms with Gasteiger partial charge in [0.25, 0.3) is 0 Å². The lowest BCUT2D eigenvalue weighted by molar-refractivity contribution is 0.253. The maximum atomic E-state index is 8.72. The van der Waals surface area contributed by atoms with Gasteiger partial charge in [0.2, 0.25) is 0 Å². The summed E-state index contributed by atoms with van der Waals surface area (Å²) in [5, 5.41) is 12.4. The summed E-state index contributed by atoms with van der Waals surface area (Å²) < 4.78 is 1.34. The van der Waals surface area contributed by atoms with E-state index in [1.807, 2.05) is 0 Å². The maximum absolute atomic E-state index is 8.72. The van der Waals surface area contributed by atoms with Crippen molar-refractivity contribution in [1.82, 2.24) is 14.8 Å². The standard InChI is InChI=1S/C6H7N3O/c1-6(10)2-3-9-5-7-4-8-9/h4-6,10H,1H3. The van der Waals surface area contributed by atoms with E-state index in [0.717, 1.165) is 0 Å². The van der Waals surface area contributed by atoms with Gasteiger partial charge in [-0.25, -0.2) is 4.98 Å². The second-order valence-electron chi connectivity index (χ2n) is 1.77. The third kappa shape index (κ3) is 1.88. The first-order chi connectivity index (χ1) is 4.79. The van der Waals surface area contributed by atoms with Crippen molar-refractivity contribution in [3.63, 3.8) is 0 Å². The van der Waals surface area contributed by atoms with Crippen LogP contribution in [0.3, 0.4) is 0 Å². The van der Waals surface area contributed by atoms with Crippen LogP contribution in [0, 0.1) is 12.0 Å². The molecule has 1 aromatic rings. The molecule has 52 valence electrons. The number of rotatable bonds is 0. The van der Waals surface area contributed by atoms with E-state index in [1.165, 1.54) is 17.3 Å². The predicted molar refractivity (Wildman–Crippen MR) is 34.9 cm³/mol. The zero-order valence-electron chi connectivity index (χ0n) is 5.52. The molecule has 10 heavy (non-hydrogen) atoms. The molecule has 1 unspecified atom stereocenters. The quantitative estimate of drug-likeness (QED) is 0.489. The number of hydrogen-bond donors (Lipinski definition) is 1. The van der Waals surface area contributed by atoms with Crippen molar-refractivity contribution >= 4 is 0 Å². The summed E-state index contributed by atoms with van der Waals surface area (Å²) >= 11 is 0. The van der Waals surface area contributed by atoms with Crippen LogP contribution in [0.15, 0.2) is 12.7 Å². The number of hydrogen-bond acceptors (Lipinski definition) is 3. The van der Waals surface area contributed by atoms with Crippen LogP contribution >= 0.6 is 0 Å². The molecule has 1 heterocycles. The Labute approximate surface area is 58.5 Å². The smallest absolute Gasteiger partial charge is 0.138 e. The van der Waals surface area contributed by atoms with Crippen molar-refractivity contribution in [3.05, 3.63) is 12.7 Å². The summed E-state index contributed by atoms with van der Waals surface area (Å²) in [5.41, 5.74) is 0. The van der Waals surface area contributed by atoms with Gasteiger partial charge in [-0.2, -0.15) is 4.68 Å². The van der Waals surface area contributed by atoms with Gasteiger partial charge in [0, 0.05) is 6.04 Å². The lowest BCUT2D eigenvalue weighted by Crippen LogP contribution is -1.96. The van der Waals surface area contributed by atoms with E-state index in [-0.39, 0.29) is 0 Å². The second kappa shape index (κ2) is 2.99. The maximum Gasteiger partial charge on any atom is 0.138 e. The molecule has 0 fully saturated rings. The molecule has 1 rings (SSSR count). The minimum Gasteiger partial charge on any atom is -0.381 e. The Hall–Kier alpha value is -1.34. The molecule has 1 aromatic heterocycles. The van der Waals surface area contributed by atoms with E-state index in [0.29, 0.717) is 0 Å². The number of aliphatic hydroxyl groups is 1. The van der Waals surface area contributed by atoms with Gasteiger partial charge in [-0.3, -0.25) is 0 Å². The van der Waals surface area contributed by atoms with Crippen LogP contribution in [0.5, 0.6) is 0 Å². The summed E-state index contributed by atoms with van der Waals surface area (Å²) in [4.78, 5) is 3.67. The molecule has 0 radical (unpaired) electrons. The van der Waals surface area contributed by atoms with E-state index < -0.39 is 6.10 Å². The van der Waals surface area contributed by atoms with Gasteiger partial charge in [-0.05, 0) is 12.8 Å². The average Bonchev–Trinajstić information content (AvgIpc) is 2.34. The van der Waals surface area contributed by atoms with E-state index in [4.69, 9.17) is 5.11 Å². The lowest BCUT2D eigenvalue weighted by atomic mass is 10.4. The summed E-state index contributed by atoms with van der Waals surface area (Å²) in [5.74, 6) is 2.51. The van der Waals surface area contributed by atoms with Gasteiger partial charge in [-0.15, -0.1) is 5.10 Å². The molecular weight excluding hydrogens is 130 g/mol. The Balaban J connectivity index is 2.66. The first-order valence-corrected chi connectivity index (χ1v) is 2.83. The van der Waals surface area contributed by atoms with Crippen molar-refractivity contribution in [2.24, 2.45) is 0 Å². The Morgan fingerprint density at radius 3 is 3.00 bits per heavy atom. The summed E-state index contributed by atoms with van der Waals surface area (Å²) in [6.07, 6.45) is 2.23. The van der Waals surface area contributed by atoms with Crippen LogP contribution in [-0.2, 0) is 0 Å². The fourth-order valence-electron chi connectivity index (χ4n) is 0.426. The first-order valence-electron chi connectivity index (χ1n) is 2.83. The molecule has 0 aliphatic heterocycles. The number of aliphatic hydroxyl groups excluding tert-OH is 1. The molecule has 0 aromatic carbocycles. The lowest BCUT2D eigenvalue weighted by Gasteiger charge is -1.86. The van der Waals surface area contributed by atoms with Crippen molar-refractivity contribution in [3.8, 4) is 12.0 Å².